The lowest BCUT2D eigenvalue weighted by atomic mass is 10.2. The molecule has 0 amide bonds. The van der Waals surface area contributed by atoms with Crippen LogP contribution in [0.4, 0.5) is 0 Å². The molecule has 4 heteroatoms. The highest BCUT2D eigenvalue weighted by Gasteiger charge is 2.15. The van der Waals surface area contributed by atoms with Crippen molar-refractivity contribution in [1.82, 2.24) is 0 Å². The smallest absolute Gasteiger partial charge is 0.332 e. The first-order chi connectivity index (χ1) is 7.95. The first kappa shape index (κ1) is 16.4. The zero-order valence-corrected chi connectivity index (χ0v) is 11.6. The molecule has 17 heavy (non-hydrogen) atoms. The predicted octanol–water partition coefficient (Wildman–Crippen LogP) is 2.55. The fourth-order valence-electron chi connectivity index (χ4n) is 1.14. The number of unbranched alkanes of at least 4 members (excludes halogenated alkanes) is 1. The predicted molar refractivity (Wildman–Crippen MR) is 67.0 cm³/mol. The van der Waals surface area contributed by atoms with E-state index in [9.17, 15) is 4.79 Å². The number of ether oxygens (including phenoxy) is 3. The highest BCUT2D eigenvalue weighted by atomic mass is 16.6. The molecule has 4 nitrogen and oxygen atoms in total. The minimum atomic E-state index is -0.441. The van der Waals surface area contributed by atoms with Crippen LogP contribution in [0.25, 0.3) is 0 Å². The van der Waals surface area contributed by atoms with Gasteiger partial charge < -0.3 is 14.2 Å². The molecule has 0 unspecified atom stereocenters. The van der Waals surface area contributed by atoms with Crippen LogP contribution in [0.3, 0.4) is 0 Å². The van der Waals surface area contributed by atoms with Gasteiger partial charge in [0.2, 0.25) is 0 Å². The lowest BCUT2D eigenvalue weighted by Gasteiger charge is -2.19. The van der Waals surface area contributed by atoms with Gasteiger partial charge in [-0.15, -0.1) is 0 Å². The molecular weight excluding hydrogens is 220 g/mol. The second-order valence-corrected chi connectivity index (χ2v) is 4.96. The maximum Gasteiger partial charge on any atom is 0.332 e. The van der Waals surface area contributed by atoms with E-state index in [4.69, 9.17) is 14.2 Å². The van der Waals surface area contributed by atoms with Crippen LogP contribution in [0, 0.1) is 0 Å². The highest BCUT2D eigenvalue weighted by Crippen LogP contribution is 2.06. The van der Waals surface area contributed by atoms with Crippen LogP contribution in [0.2, 0.25) is 0 Å². The summed E-state index contributed by atoms with van der Waals surface area (Å²) in [5.41, 5.74) is -0.441. The number of hydrogen-bond acceptors (Lipinski definition) is 4. The van der Waals surface area contributed by atoms with Crippen LogP contribution >= 0.6 is 0 Å². The Morgan fingerprint density at radius 1 is 1.00 bits per heavy atom. The fraction of sp³-hybridized carbons (Fsp3) is 0.923. The van der Waals surface area contributed by atoms with E-state index in [1.165, 1.54) is 0 Å². The molecule has 0 rings (SSSR count). The van der Waals surface area contributed by atoms with Crippen LogP contribution in [-0.4, -0.2) is 38.0 Å². The Bertz CT molecular complexity index is 196. The number of carbonyl (C=O) groups is 1. The maximum atomic E-state index is 11.3. The Morgan fingerprint density at radius 2 is 1.59 bits per heavy atom. The molecule has 0 aromatic carbocycles. The van der Waals surface area contributed by atoms with Gasteiger partial charge in [0.15, 0.2) is 0 Å². The molecule has 0 bridgehead atoms. The molecule has 0 aromatic rings. The van der Waals surface area contributed by atoms with Crippen molar-refractivity contribution in [3.63, 3.8) is 0 Å². The molecule has 0 saturated heterocycles. The van der Waals surface area contributed by atoms with E-state index < -0.39 is 5.60 Å². The SMILES string of the molecule is CCCCOCCCOCC(=O)OC(C)(C)C. The molecule has 0 atom stereocenters. The van der Waals surface area contributed by atoms with E-state index in [1.54, 1.807) is 0 Å². The average molecular weight is 246 g/mol. The minimum Gasteiger partial charge on any atom is -0.458 e. The highest BCUT2D eigenvalue weighted by molar-refractivity contribution is 5.71. The monoisotopic (exact) mass is 246 g/mol. The molecule has 0 aliphatic carbocycles. The van der Waals surface area contributed by atoms with Crippen LogP contribution in [-0.2, 0) is 19.0 Å². The molecule has 102 valence electrons. The Labute approximate surface area is 105 Å². The lowest BCUT2D eigenvalue weighted by molar-refractivity contribution is -0.160. The van der Waals surface area contributed by atoms with Crippen molar-refractivity contribution in [2.45, 2.75) is 52.6 Å². The second kappa shape index (κ2) is 9.42. The van der Waals surface area contributed by atoms with E-state index in [-0.39, 0.29) is 12.6 Å². The van der Waals surface area contributed by atoms with E-state index in [2.05, 4.69) is 6.92 Å². The van der Waals surface area contributed by atoms with Gasteiger partial charge in [0.25, 0.3) is 0 Å². The minimum absolute atomic E-state index is 0.0201. The summed E-state index contributed by atoms with van der Waals surface area (Å²) in [4.78, 5) is 11.3. The Kier molecular flexibility index (Phi) is 9.09. The molecule has 0 fully saturated rings. The van der Waals surface area contributed by atoms with E-state index in [1.807, 2.05) is 20.8 Å². The molecule has 0 heterocycles. The van der Waals surface area contributed by atoms with Crippen molar-refractivity contribution in [2.24, 2.45) is 0 Å². The quantitative estimate of drug-likeness (QED) is 0.463. The normalized spacial score (nSPS) is 11.5. The third-order valence-electron chi connectivity index (χ3n) is 1.86. The Balaban J connectivity index is 3.25. The van der Waals surface area contributed by atoms with Gasteiger partial charge in [-0.1, -0.05) is 13.3 Å². The Morgan fingerprint density at radius 3 is 2.18 bits per heavy atom. The number of esters is 1. The van der Waals surface area contributed by atoms with Crippen molar-refractivity contribution in [2.75, 3.05) is 26.4 Å². The van der Waals surface area contributed by atoms with E-state index in [0.29, 0.717) is 13.2 Å². The number of carbonyl (C=O) groups excluding carboxylic acids is 1. The van der Waals surface area contributed by atoms with Crippen molar-refractivity contribution >= 4 is 5.97 Å². The van der Waals surface area contributed by atoms with Gasteiger partial charge >= 0.3 is 5.97 Å². The summed E-state index contributed by atoms with van der Waals surface area (Å²) in [7, 11) is 0. The molecule has 0 aliphatic heterocycles. The second-order valence-electron chi connectivity index (χ2n) is 4.96. The summed E-state index contributed by atoms with van der Waals surface area (Å²) < 4.78 is 15.7. The van der Waals surface area contributed by atoms with Crippen molar-refractivity contribution < 1.29 is 19.0 Å². The summed E-state index contributed by atoms with van der Waals surface area (Å²) in [6.07, 6.45) is 3.06. The molecule has 0 N–H and O–H groups in total. The third-order valence-corrected chi connectivity index (χ3v) is 1.86. The largest absolute Gasteiger partial charge is 0.458 e. The number of hydrogen-bond donors (Lipinski definition) is 0. The zero-order valence-electron chi connectivity index (χ0n) is 11.6. The topological polar surface area (TPSA) is 44.8 Å². The van der Waals surface area contributed by atoms with Gasteiger partial charge in [0.05, 0.1) is 0 Å². The Hall–Kier alpha value is -0.610. The van der Waals surface area contributed by atoms with Gasteiger partial charge in [0.1, 0.15) is 12.2 Å². The van der Waals surface area contributed by atoms with E-state index >= 15 is 0 Å². The van der Waals surface area contributed by atoms with Crippen molar-refractivity contribution in [3.05, 3.63) is 0 Å². The van der Waals surface area contributed by atoms with Gasteiger partial charge in [-0.3, -0.25) is 0 Å². The average Bonchev–Trinajstić information content (AvgIpc) is 2.19. The van der Waals surface area contributed by atoms with Crippen molar-refractivity contribution in [1.29, 1.82) is 0 Å². The number of rotatable bonds is 9. The molecule has 0 saturated carbocycles. The van der Waals surface area contributed by atoms with Crippen molar-refractivity contribution in [3.8, 4) is 0 Å². The first-order valence-electron chi connectivity index (χ1n) is 6.33. The van der Waals surface area contributed by atoms with Crippen LogP contribution in [0.1, 0.15) is 47.0 Å². The fourth-order valence-corrected chi connectivity index (χ4v) is 1.14. The molecule has 0 radical (unpaired) electrons. The summed E-state index contributed by atoms with van der Waals surface area (Å²) in [5.74, 6) is -0.315. The molecule has 0 aromatic heterocycles. The third kappa shape index (κ3) is 13.3. The first-order valence-corrected chi connectivity index (χ1v) is 6.33. The zero-order chi connectivity index (χ0) is 13.1. The summed E-state index contributed by atoms with van der Waals surface area (Å²) >= 11 is 0. The summed E-state index contributed by atoms with van der Waals surface area (Å²) in [6.45, 7) is 9.70. The lowest BCUT2D eigenvalue weighted by Crippen LogP contribution is -2.26. The summed E-state index contributed by atoms with van der Waals surface area (Å²) in [6, 6.07) is 0. The summed E-state index contributed by atoms with van der Waals surface area (Å²) in [5, 5.41) is 0. The van der Waals surface area contributed by atoms with Crippen LogP contribution < -0.4 is 0 Å². The van der Waals surface area contributed by atoms with Gasteiger partial charge in [-0.05, 0) is 33.6 Å². The van der Waals surface area contributed by atoms with Crippen LogP contribution in [0.5, 0.6) is 0 Å². The molecule has 0 spiro atoms. The van der Waals surface area contributed by atoms with Gasteiger partial charge in [-0.2, -0.15) is 0 Å². The molecular formula is C13H26O4. The molecule has 0 aliphatic rings. The van der Waals surface area contributed by atoms with E-state index in [0.717, 1.165) is 25.9 Å². The maximum absolute atomic E-state index is 11.3. The standard InChI is InChI=1S/C13H26O4/c1-5-6-8-15-9-7-10-16-11-12(14)17-13(2,3)4/h5-11H2,1-4H3. The van der Waals surface area contributed by atoms with Gasteiger partial charge in [-0.25, -0.2) is 4.79 Å². The van der Waals surface area contributed by atoms with Crippen LogP contribution in [0.15, 0.2) is 0 Å². The van der Waals surface area contributed by atoms with Gasteiger partial charge in [0, 0.05) is 19.8 Å².